The van der Waals surface area contributed by atoms with E-state index in [-0.39, 0.29) is 6.61 Å². The zero-order valence-corrected chi connectivity index (χ0v) is 13.7. The molecule has 0 amide bonds. The van der Waals surface area contributed by atoms with E-state index in [0.717, 1.165) is 27.7 Å². The van der Waals surface area contributed by atoms with E-state index in [0.29, 0.717) is 0 Å². The molecule has 1 heterocycles. The molecule has 1 N–H and O–H groups in total. The van der Waals surface area contributed by atoms with Crippen molar-refractivity contribution in [3.05, 3.63) is 0 Å². The van der Waals surface area contributed by atoms with Gasteiger partial charge >= 0.3 is 23.9 Å². The number of rotatable bonds is 5. The fraction of sp³-hybridized carbons (Fsp3) is 0.714. The van der Waals surface area contributed by atoms with Gasteiger partial charge in [0, 0.05) is 27.7 Å². The standard InChI is InChI=1S/C14H20O10/c1-6(15)20-5-10-11(21-7(2)16)12(22-8(3)17)13(14(19)24-10)23-9(4)18/h10-14,19H,5H2,1-4H3/t10-,11-,12?,13-,14+/m1/s1. The van der Waals surface area contributed by atoms with Crippen LogP contribution >= 0.6 is 0 Å². The second-order valence-corrected chi connectivity index (χ2v) is 5.09. The molecule has 0 aromatic heterocycles. The van der Waals surface area contributed by atoms with Gasteiger partial charge in [-0.2, -0.15) is 0 Å². The Hall–Kier alpha value is -2.20. The summed E-state index contributed by atoms with van der Waals surface area (Å²) in [7, 11) is 0. The lowest BCUT2D eigenvalue weighted by Crippen LogP contribution is -2.62. The minimum absolute atomic E-state index is 0.366. The van der Waals surface area contributed by atoms with Gasteiger partial charge in [0.15, 0.2) is 24.6 Å². The van der Waals surface area contributed by atoms with Gasteiger partial charge < -0.3 is 28.8 Å². The van der Waals surface area contributed by atoms with Crippen LogP contribution < -0.4 is 0 Å². The summed E-state index contributed by atoms with van der Waals surface area (Å²) < 4.78 is 25.0. The Bertz CT molecular complexity index is 502. The minimum atomic E-state index is -1.68. The van der Waals surface area contributed by atoms with Gasteiger partial charge in [-0.15, -0.1) is 0 Å². The number of esters is 4. The Labute approximate surface area is 137 Å². The SMILES string of the molecule is CC(=O)OC[C@H]1O[C@H](O)[C@H](OC(C)=O)C(OC(C)=O)[C@@H]1OC(C)=O. The predicted octanol–water partition coefficient (Wildman–Crippen LogP) is -0.938. The number of hydrogen-bond donors (Lipinski definition) is 1. The van der Waals surface area contributed by atoms with E-state index in [9.17, 15) is 24.3 Å². The van der Waals surface area contributed by atoms with Crippen LogP contribution in [0.25, 0.3) is 0 Å². The second-order valence-electron chi connectivity index (χ2n) is 5.09. The molecule has 10 heteroatoms. The van der Waals surface area contributed by atoms with Crippen LogP contribution in [0.4, 0.5) is 0 Å². The fourth-order valence-corrected chi connectivity index (χ4v) is 2.21. The van der Waals surface area contributed by atoms with Gasteiger partial charge in [-0.05, 0) is 0 Å². The third-order valence-corrected chi connectivity index (χ3v) is 2.97. The Morgan fingerprint density at radius 3 is 1.71 bits per heavy atom. The molecule has 1 rings (SSSR count). The third kappa shape index (κ3) is 5.78. The van der Waals surface area contributed by atoms with Crippen molar-refractivity contribution in [1.29, 1.82) is 0 Å². The molecule has 0 aromatic rings. The molecule has 1 aliphatic heterocycles. The molecule has 0 aliphatic carbocycles. The van der Waals surface area contributed by atoms with E-state index in [4.69, 9.17) is 23.7 Å². The normalized spacial score (nSPS) is 29.3. The Balaban J connectivity index is 3.11. The zero-order chi connectivity index (χ0) is 18.4. The van der Waals surface area contributed by atoms with Crippen molar-refractivity contribution >= 4 is 23.9 Å². The van der Waals surface area contributed by atoms with Crippen LogP contribution in [-0.4, -0.2) is 66.3 Å². The van der Waals surface area contributed by atoms with Crippen LogP contribution in [-0.2, 0) is 42.9 Å². The molecule has 0 saturated carbocycles. The van der Waals surface area contributed by atoms with Crippen LogP contribution in [0.3, 0.4) is 0 Å². The van der Waals surface area contributed by atoms with Gasteiger partial charge in [0.25, 0.3) is 0 Å². The average Bonchev–Trinajstić information content (AvgIpc) is 2.42. The molecule has 0 radical (unpaired) electrons. The average molecular weight is 348 g/mol. The van der Waals surface area contributed by atoms with Crippen molar-refractivity contribution in [2.24, 2.45) is 0 Å². The van der Waals surface area contributed by atoms with E-state index >= 15 is 0 Å². The molecule has 1 aliphatic rings. The van der Waals surface area contributed by atoms with Gasteiger partial charge in [0.05, 0.1) is 0 Å². The number of carbonyl (C=O) groups excluding carboxylic acids is 4. The van der Waals surface area contributed by atoms with Gasteiger partial charge in [-0.3, -0.25) is 19.2 Å². The zero-order valence-electron chi connectivity index (χ0n) is 13.7. The summed E-state index contributed by atoms with van der Waals surface area (Å²) in [6.45, 7) is 4.09. The second kappa shape index (κ2) is 8.60. The summed E-state index contributed by atoms with van der Waals surface area (Å²) in [5.74, 6) is -2.87. The monoisotopic (exact) mass is 348 g/mol. The lowest BCUT2D eigenvalue weighted by atomic mass is 9.98. The van der Waals surface area contributed by atoms with Crippen LogP contribution in [0.2, 0.25) is 0 Å². The first kappa shape index (κ1) is 19.8. The van der Waals surface area contributed by atoms with E-state index < -0.39 is 54.6 Å². The maximum atomic E-state index is 11.3. The maximum absolute atomic E-state index is 11.3. The largest absolute Gasteiger partial charge is 0.463 e. The van der Waals surface area contributed by atoms with Crippen LogP contribution in [0.15, 0.2) is 0 Å². The van der Waals surface area contributed by atoms with E-state index in [2.05, 4.69) is 0 Å². The highest BCUT2D eigenvalue weighted by Crippen LogP contribution is 2.28. The van der Waals surface area contributed by atoms with Crippen LogP contribution in [0, 0.1) is 0 Å². The van der Waals surface area contributed by atoms with Gasteiger partial charge in [-0.25, -0.2) is 0 Å². The first-order valence-corrected chi connectivity index (χ1v) is 7.10. The van der Waals surface area contributed by atoms with Crippen molar-refractivity contribution in [3.63, 3.8) is 0 Å². The minimum Gasteiger partial charge on any atom is -0.463 e. The Kier molecular flexibility index (Phi) is 7.11. The van der Waals surface area contributed by atoms with Gasteiger partial charge in [0.1, 0.15) is 12.7 Å². The third-order valence-electron chi connectivity index (χ3n) is 2.97. The van der Waals surface area contributed by atoms with Gasteiger partial charge in [0.2, 0.25) is 0 Å². The summed E-state index contributed by atoms with van der Waals surface area (Å²) in [6, 6.07) is 0. The highest BCUT2D eigenvalue weighted by Gasteiger charge is 2.51. The molecular weight excluding hydrogens is 328 g/mol. The first-order chi connectivity index (χ1) is 11.1. The van der Waals surface area contributed by atoms with E-state index in [1.54, 1.807) is 0 Å². The fourth-order valence-electron chi connectivity index (χ4n) is 2.21. The molecule has 1 fully saturated rings. The quantitative estimate of drug-likeness (QED) is 0.490. The first-order valence-electron chi connectivity index (χ1n) is 7.10. The summed E-state index contributed by atoms with van der Waals surface area (Å²) in [5.41, 5.74) is 0. The van der Waals surface area contributed by atoms with Crippen molar-refractivity contribution in [3.8, 4) is 0 Å². The van der Waals surface area contributed by atoms with E-state index in [1.807, 2.05) is 0 Å². The summed E-state index contributed by atoms with van der Waals surface area (Å²) in [5, 5.41) is 10.0. The molecule has 0 aromatic carbocycles. The molecule has 5 atom stereocenters. The Morgan fingerprint density at radius 2 is 1.25 bits per heavy atom. The number of carbonyl (C=O) groups is 4. The highest BCUT2D eigenvalue weighted by molar-refractivity contribution is 5.68. The number of aliphatic hydroxyl groups excluding tert-OH is 1. The summed E-state index contributed by atoms with van der Waals surface area (Å²) in [4.78, 5) is 44.9. The number of aliphatic hydroxyl groups is 1. The molecule has 24 heavy (non-hydrogen) atoms. The lowest BCUT2D eigenvalue weighted by Gasteiger charge is -2.42. The van der Waals surface area contributed by atoms with Crippen molar-refractivity contribution < 1.29 is 48.0 Å². The summed E-state index contributed by atoms with van der Waals surface area (Å²) >= 11 is 0. The maximum Gasteiger partial charge on any atom is 0.303 e. The molecule has 0 spiro atoms. The molecule has 0 bridgehead atoms. The molecule has 10 nitrogen and oxygen atoms in total. The van der Waals surface area contributed by atoms with Crippen LogP contribution in [0.1, 0.15) is 27.7 Å². The van der Waals surface area contributed by atoms with Crippen molar-refractivity contribution in [2.75, 3.05) is 6.61 Å². The van der Waals surface area contributed by atoms with Crippen molar-refractivity contribution in [1.82, 2.24) is 0 Å². The molecule has 136 valence electrons. The van der Waals surface area contributed by atoms with Crippen LogP contribution in [0.5, 0.6) is 0 Å². The number of ether oxygens (including phenoxy) is 5. The number of hydrogen-bond acceptors (Lipinski definition) is 10. The topological polar surface area (TPSA) is 135 Å². The molecular formula is C14H20O10. The smallest absolute Gasteiger partial charge is 0.303 e. The molecule has 1 saturated heterocycles. The van der Waals surface area contributed by atoms with Crippen molar-refractivity contribution in [2.45, 2.75) is 58.4 Å². The van der Waals surface area contributed by atoms with Gasteiger partial charge in [-0.1, -0.05) is 0 Å². The lowest BCUT2D eigenvalue weighted by molar-refractivity contribution is -0.296. The molecule has 1 unspecified atom stereocenters. The predicted molar refractivity (Wildman–Crippen MR) is 74.2 cm³/mol. The summed E-state index contributed by atoms with van der Waals surface area (Å²) in [6.07, 6.45) is -6.79. The highest BCUT2D eigenvalue weighted by atomic mass is 16.7. The Morgan fingerprint density at radius 1 is 0.792 bits per heavy atom. The van der Waals surface area contributed by atoms with E-state index in [1.165, 1.54) is 0 Å².